The summed E-state index contributed by atoms with van der Waals surface area (Å²) in [7, 11) is -2.35. The van der Waals surface area contributed by atoms with Crippen molar-refractivity contribution >= 4 is 8.56 Å². The number of hydrogen-bond donors (Lipinski definition) is 0. The van der Waals surface area contributed by atoms with Crippen LogP contribution in [0.15, 0.2) is 18.2 Å². The Balaban J connectivity index is 2.49. The fourth-order valence-corrected chi connectivity index (χ4v) is 7.80. The number of aryl methyl sites for hydroxylation is 1. The molecule has 0 aromatic heterocycles. The molecule has 0 saturated carbocycles. The van der Waals surface area contributed by atoms with E-state index < -0.39 is 8.56 Å². The fourth-order valence-electron chi connectivity index (χ4n) is 3.15. The van der Waals surface area contributed by atoms with Gasteiger partial charge in [0.15, 0.2) is 0 Å². The Morgan fingerprint density at radius 2 is 1.58 bits per heavy atom. The molecule has 1 aliphatic heterocycles. The van der Waals surface area contributed by atoms with E-state index in [9.17, 15) is 0 Å². The molecule has 0 aliphatic carbocycles. The van der Waals surface area contributed by atoms with Gasteiger partial charge in [-0.25, -0.2) is 0 Å². The van der Waals surface area contributed by atoms with Gasteiger partial charge in [0.2, 0.25) is 0 Å². The first-order chi connectivity index (χ1) is 8.57. The van der Waals surface area contributed by atoms with Crippen molar-refractivity contribution < 1.29 is 8.85 Å². The maximum atomic E-state index is 6.52. The molecule has 0 atom stereocenters. The minimum Gasteiger partial charge on any atom is -0.519 e. The van der Waals surface area contributed by atoms with Crippen LogP contribution in [0, 0.1) is 6.92 Å². The Morgan fingerprint density at radius 1 is 1.00 bits per heavy atom. The van der Waals surface area contributed by atoms with Gasteiger partial charge < -0.3 is 8.85 Å². The van der Waals surface area contributed by atoms with Crippen LogP contribution >= 0.6 is 0 Å². The lowest BCUT2D eigenvalue weighted by molar-refractivity contribution is 0.156. The van der Waals surface area contributed by atoms with E-state index in [0.717, 1.165) is 5.75 Å². The topological polar surface area (TPSA) is 18.5 Å². The van der Waals surface area contributed by atoms with E-state index in [1.54, 1.807) is 0 Å². The number of benzene rings is 1. The van der Waals surface area contributed by atoms with E-state index in [4.69, 9.17) is 8.85 Å². The fraction of sp³-hybridized carbons (Fsp3) is 0.625. The third-order valence-corrected chi connectivity index (χ3v) is 8.88. The molecule has 0 unspecified atom stereocenters. The Morgan fingerprint density at radius 3 is 2.11 bits per heavy atom. The summed E-state index contributed by atoms with van der Waals surface area (Å²) in [5.41, 5.74) is 2.43. The van der Waals surface area contributed by atoms with E-state index in [2.05, 4.69) is 66.7 Å². The van der Waals surface area contributed by atoms with Crippen LogP contribution < -0.4 is 4.43 Å². The van der Waals surface area contributed by atoms with Gasteiger partial charge in [-0.15, -0.1) is 0 Å². The molecule has 0 fully saturated rings. The summed E-state index contributed by atoms with van der Waals surface area (Å²) in [5.74, 6) is 1.02. The van der Waals surface area contributed by atoms with Crippen molar-refractivity contribution in [3.8, 4) is 5.75 Å². The molecule has 0 saturated heterocycles. The standard InChI is InChI=1S/C16H26O2Si/c1-12-8-9-14-13(10-12)11-17-19(18-14,15(2,3)4)16(5,6)7/h8-10H,11H2,1-7H3. The highest BCUT2D eigenvalue weighted by Gasteiger charge is 2.61. The Bertz CT molecular complexity index is 467. The Labute approximate surface area is 118 Å². The maximum absolute atomic E-state index is 6.52. The zero-order valence-electron chi connectivity index (χ0n) is 13.3. The summed E-state index contributed by atoms with van der Waals surface area (Å²) in [4.78, 5) is 0. The van der Waals surface area contributed by atoms with Crippen LogP contribution in [0.5, 0.6) is 5.75 Å². The van der Waals surface area contributed by atoms with E-state index >= 15 is 0 Å². The quantitative estimate of drug-likeness (QED) is 0.625. The molecule has 3 heteroatoms. The molecule has 2 rings (SSSR count). The number of hydrogen-bond acceptors (Lipinski definition) is 2. The molecule has 0 N–H and O–H groups in total. The van der Waals surface area contributed by atoms with E-state index in [0.29, 0.717) is 6.61 Å². The van der Waals surface area contributed by atoms with Crippen molar-refractivity contribution in [1.29, 1.82) is 0 Å². The summed E-state index contributed by atoms with van der Waals surface area (Å²) in [6, 6.07) is 6.39. The summed E-state index contributed by atoms with van der Waals surface area (Å²) in [6.07, 6.45) is 0. The summed E-state index contributed by atoms with van der Waals surface area (Å²) in [6.45, 7) is 16.2. The lowest BCUT2D eigenvalue weighted by Gasteiger charge is -2.50. The second kappa shape index (κ2) is 4.35. The second-order valence-corrected chi connectivity index (χ2v) is 12.3. The second-order valence-electron chi connectivity index (χ2n) is 7.62. The molecule has 2 nitrogen and oxygen atoms in total. The van der Waals surface area contributed by atoms with Gasteiger partial charge in [0.05, 0.1) is 6.61 Å². The van der Waals surface area contributed by atoms with Crippen molar-refractivity contribution in [3.63, 3.8) is 0 Å². The molecule has 19 heavy (non-hydrogen) atoms. The highest BCUT2D eigenvalue weighted by atomic mass is 28.4. The zero-order valence-corrected chi connectivity index (χ0v) is 14.3. The third kappa shape index (κ3) is 2.34. The average molecular weight is 278 g/mol. The molecule has 1 aromatic carbocycles. The van der Waals surface area contributed by atoms with Crippen molar-refractivity contribution in [2.75, 3.05) is 0 Å². The lowest BCUT2D eigenvalue weighted by Crippen LogP contribution is -2.61. The molecule has 1 aromatic rings. The monoisotopic (exact) mass is 278 g/mol. The van der Waals surface area contributed by atoms with Crippen LogP contribution in [-0.4, -0.2) is 8.56 Å². The van der Waals surface area contributed by atoms with Crippen molar-refractivity contribution in [2.24, 2.45) is 0 Å². The highest BCUT2D eigenvalue weighted by molar-refractivity contribution is 6.74. The smallest absolute Gasteiger partial charge is 0.410 e. The van der Waals surface area contributed by atoms with Gasteiger partial charge in [0.1, 0.15) is 5.75 Å². The molecule has 0 radical (unpaired) electrons. The zero-order chi connectivity index (χ0) is 14.5. The van der Waals surface area contributed by atoms with Crippen LogP contribution in [0.25, 0.3) is 0 Å². The van der Waals surface area contributed by atoms with Crippen LogP contribution in [0.4, 0.5) is 0 Å². The van der Waals surface area contributed by atoms with Gasteiger partial charge in [-0.05, 0) is 13.0 Å². The highest BCUT2D eigenvalue weighted by Crippen LogP contribution is 2.54. The predicted octanol–water partition coefficient (Wildman–Crippen LogP) is 4.95. The molecule has 0 bridgehead atoms. The first-order valence-corrected chi connectivity index (χ1v) is 8.81. The van der Waals surface area contributed by atoms with Crippen LogP contribution in [-0.2, 0) is 11.0 Å². The summed E-state index contributed by atoms with van der Waals surface area (Å²) < 4.78 is 12.9. The molecular formula is C16H26O2Si. The molecular weight excluding hydrogens is 252 g/mol. The van der Waals surface area contributed by atoms with Crippen LogP contribution in [0.3, 0.4) is 0 Å². The Hall–Kier alpha value is -0.803. The van der Waals surface area contributed by atoms with Crippen molar-refractivity contribution in [3.05, 3.63) is 29.3 Å². The number of rotatable bonds is 0. The van der Waals surface area contributed by atoms with Gasteiger partial charge in [-0.1, -0.05) is 59.2 Å². The molecule has 1 heterocycles. The van der Waals surface area contributed by atoms with E-state index in [-0.39, 0.29) is 10.1 Å². The molecule has 106 valence electrons. The van der Waals surface area contributed by atoms with Gasteiger partial charge >= 0.3 is 8.56 Å². The Kier molecular flexibility index (Phi) is 3.34. The third-order valence-electron chi connectivity index (χ3n) is 3.88. The minimum atomic E-state index is -2.35. The minimum absolute atomic E-state index is 0.0355. The van der Waals surface area contributed by atoms with Crippen molar-refractivity contribution in [1.82, 2.24) is 0 Å². The molecule has 0 spiro atoms. The van der Waals surface area contributed by atoms with Crippen LogP contribution in [0.2, 0.25) is 10.1 Å². The average Bonchev–Trinajstić information content (AvgIpc) is 2.25. The molecule has 1 aliphatic rings. The molecule has 0 amide bonds. The van der Waals surface area contributed by atoms with Gasteiger partial charge in [0, 0.05) is 15.6 Å². The summed E-state index contributed by atoms with van der Waals surface area (Å²) >= 11 is 0. The summed E-state index contributed by atoms with van der Waals surface area (Å²) in [5, 5.41) is 0.0711. The first kappa shape index (κ1) is 14.6. The van der Waals surface area contributed by atoms with Crippen molar-refractivity contribution in [2.45, 2.75) is 65.1 Å². The SMILES string of the molecule is Cc1ccc2c(c1)CO[Si](C(C)(C)C)(C(C)(C)C)O2. The maximum Gasteiger partial charge on any atom is 0.410 e. The first-order valence-electron chi connectivity index (χ1n) is 6.99. The number of fused-ring (bicyclic) bond motifs is 1. The van der Waals surface area contributed by atoms with Gasteiger partial charge in [-0.2, -0.15) is 0 Å². The van der Waals surface area contributed by atoms with Crippen LogP contribution in [0.1, 0.15) is 52.7 Å². The normalized spacial score (nSPS) is 18.7. The predicted molar refractivity (Wildman–Crippen MR) is 81.8 cm³/mol. The van der Waals surface area contributed by atoms with E-state index in [1.807, 2.05) is 0 Å². The van der Waals surface area contributed by atoms with Gasteiger partial charge in [0.25, 0.3) is 0 Å². The lowest BCUT2D eigenvalue weighted by atomic mass is 10.1. The largest absolute Gasteiger partial charge is 0.519 e. The van der Waals surface area contributed by atoms with Gasteiger partial charge in [-0.3, -0.25) is 0 Å². The van der Waals surface area contributed by atoms with E-state index in [1.165, 1.54) is 11.1 Å².